The van der Waals surface area contributed by atoms with Gasteiger partial charge < -0.3 is 10.0 Å². The lowest BCUT2D eigenvalue weighted by atomic mass is 9.72. The van der Waals surface area contributed by atoms with Crippen LogP contribution in [0.1, 0.15) is 24.0 Å². The van der Waals surface area contributed by atoms with Crippen LogP contribution in [0, 0.1) is 5.92 Å². The molecule has 2 nitrogen and oxygen atoms in total. The summed E-state index contributed by atoms with van der Waals surface area (Å²) in [6.07, 6.45) is 1.88. The van der Waals surface area contributed by atoms with Crippen LogP contribution in [0.4, 0.5) is 0 Å². The van der Waals surface area contributed by atoms with Crippen molar-refractivity contribution in [2.45, 2.75) is 18.4 Å². The number of likely N-dealkylation sites (tertiary alicyclic amines) is 1. The first-order chi connectivity index (χ1) is 10.7. The molecule has 1 fully saturated rings. The van der Waals surface area contributed by atoms with Crippen molar-refractivity contribution in [1.29, 1.82) is 0 Å². The Kier molecular flexibility index (Phi) is 4.55. The van der Waals surface area contributed by atoms with Gasteiger partial charge in [0.2, 0.25) is 0 Å². The molecule has 3 heteroatoms. The Morgan fingerprint density at radius 1 is 0.909 bits per heavy atom. The number of rotatable bonds is 4. The van der Waals surface area contributed by atoms with Gasteiger partial charge in [-0.15, -0.1) is 0 Å². The lowest BCUT2D eigenvalue weighted by molar-refractivity contribution is -0.00588. The standard InChI is InChI=1S/C19H21NOS/c21-19(16-7-3-1-4-8-16,17-9-5-2-6-10-17)18-11-13-20(15-22)14-12-18/h1-10,15,18,21H,11-14H2. The third-order valence-corrected chi connectivity index (χ3v) is 5.00. The van der Waals surface area contributed by atoms with E-state index >= 15 is 0 Å². The summed E-state index contributed by atoms with van der Waals surface area (Å²) >= 11 is 5.03. The Balaban J connectivity index is 1.99. The van der Waals surface area contributed by atoms with E-state index in [9.17, 15) is 5.11 Å². The minimum atomic E-state index is -0.934. The Morgan fingerprint density at radius 2 is 1.36 bits per heavy atom. The zero-order valence-electron chi connectivity index (χ0n) is 12.6. The Morgan fingerprint density at radius 3 is 1.77 bits per heavy atom. The van der Waals surface area contributed by atoms with Crippen molar-refractivity contribution in [3.8, 4) is 0 Å². The molecular formula is C19H21NOS. The molecule has 0 amide bonds. The Hall–Kier alpha value is -1.71. The average molecular weight is 311 g/mol. The van der Waals surface area contributed by atoms with Crippen LogP contribution in [0.3, 0.4) is 0 Å². The molecule has 0 saturated carbocycles. The molecule has 0 radical (unpaired) electrons. The third kappa shape index (κ3) is 2.79. The number of nitrogens with zero attached hydrogens (tertiary/aromatic N) is 1. The predicted octanol–water partition coefficient (Wildman–Crippen LogP) is 3.59. The second-order valence-corrected chi connectivity index (χ2v) is 6.12. The first kappa shape index (κ1) is 15.2. The number of benzene rings is 2. The molecule has 1 aliphatic rings. The molecule has 0 atom stereocenters. The molecule has 22 heavy (non-hydrogen) atoms. The fourth-order valence-corrected chi connectivity index (χ4v) is 3.66. The zero-order chi connectivity index (χ0) is 15.4. The first-order valence-electron chi connectivity index (χ1n) is 7.78. The predicted molar refractivity (Wildman–Crippen MR) is 93.8 cm³/mol. The molecule has 0 spiro atoms. The smallest absolute Gasteiger partial charge is 0.118 e. The highest BCUT2D eigenvalue weighted by atomic mass is 32.1. The van der Waals surface area contributed by atoms with Crippen molar-refractivity contribution in [3.05, 3.63) is 71.8 Å². The zero-order valence-corrected chi connectivity index (χ0v) is 13.4. The summed E-state index contributed by atoms with van der Waals surface area (Å²) in [6, 6.07) is 20.1. The van der Waals surface area contributed by atoms with Gasteiger partial charge in [0, 0.05) is 13.1 Å². The molecule has 3 rings (SSSR count). The molecule has 1 N–H and O–H groups in total. The summed E-state index contributed by atoms with van der Waals surface area (Å²) in [5.74, 6) is 0.198. The van der Waals surface area contributed by atoms with E-state index in [-0.39, 0.29) is 5.92 Å². The summed E-state index contributed by atoms with van der Waals surface area (Å²) in [5.41, 5.74) is 2.75. The molecule has 0 unspecified atom stereocenters. The van der Waals surface area contributed by atoms with Crippen LogP contribution in [0.25, 0.3) is 0 Å². The van der Waals surface area contributed by atoms with Gasteiger partial charge in [0.25, 0.3) is 0 Å². The summed E-state index contributed by atoms with van der Waals surface area (Å²) in [4.78, 5) is 2.15. The van der Waals surface area contributed by atoms with Crippen molar-refractivity contribution in [3.63, 3.8) is 0 Å². The maximum absolute atomic E-state index is 11.7. The Bertz CT molecular complexity index is 566. The van der Waals surface area contributed by atoms with E-state index in [0.29, 0.717) is 0 Å². The second kappa shape index (κ2) is 6.59. The van der Waals surface area contributed by atoms with Crippen molar-refractivity contribution in [1.82, 2.24) is 4.90 Å². The molecule has 1 heterocycles. The number of thiocarbonyl (C=S) groups is 1. The van der Waals surface area contributed by atoms with Gasteiger partial charge in [0.05, 0.1) is 5.49 Å². The van der Waals surface area contributed by atoms with Gasteiger partial charge in [-0.3, -0.25) is 0 Å². The highest BCUT2D eigenvalue weighted by molar-refractivity contribution is 7.78. The average Bonchev–Trinajstić information content (AvgIpc) is 2.62. The van der Waals surface area contributed by atoms with Crippen LogP contribution in [-0.2, 0) is 5.60 Å². The normalized spacial score (nSPS) is 16.5. The highest BCUT2D eigenvalue weighted by Crippen LogP contribution is 2.41. The molecular weight excluding hydrogens is 290 g/mol. The van der Waals surface area contributed by atoms with E-state index in [1.165, 1.54) is 0 Å². The largest absolute Gasteiger partial charge is 0.380 e. The van der Waals surface area contributed by atoms with Gasteiger partial charge >= 0.3 is 0 Å². The van der Waals surface area contributed by atoms with E-state index in [4.69, 9.17) is 12.2 Å². The van der Waals surface area contributed by atoms with E-state index in [1.54, 1.807) is 5.49 Å². The van der Waals surface area contributed by atoms with E-state index in [0.717, 1.165) is 37.1 Å². The van der Waals surface area contributed by atoms with Crippen LogP contribution in [-0.4, -0.2) is 28.6 Å². The van der Waals surface area contributed by atoms with Gasteiger partial charge in [-0.25, -0.2) is 0 Å². The summed E-state index contributed by atoms with van der Waals surface area (Å²) in [5, 5.41) is 11.7. The lowest BCUT2D eigenvalue weighted by Crippen LogP contribution is -2.43. The van der Waals surface area contributed by atoms with Gasteiger partial charge in [0.15, 0.2) is 0 Å². The van der Waals surface area contributed by atoms with Crippen LogP contribution in [0.15, 0.2) is 60.7 Å². The minimum absolute atomic E-state index is 0.198. The number of piperidine rings is 1. The van der Waals surface area contributed by atoms with Crippen molar-refractivity contribution < 1.29 is 5.11 Å². The lowest BCUT2D eigenvalue weighted by Gasteiger charge is -2.42. The van der Waals surface area contributed by atoms with Gasteiger partial charge in [-0.1, -0.05) is 72.9 Å². The summed E-state index contributed by atoms with van der Waals surface area (Å²) in [7, 11) is 0. The maximum atomic E-state index is 11.7. The van der Waals surface area contributed by atoms with Crippen LogP contribution < -0.4 is 0 Å². The molecule has 0 aromatic heterocycles. The number of hydrogen-bond acceptors (Lipinski definition) is 2. The molecule has 114 valence electrons. The SMILES string of the molecule is OC(c1ccccc1)(c1ccccc1)C1CCN(C=S)CC1. The van der Waals surface area contributed by atoms with Crippen LogP contribution >= 0.6 is 12.2 Å². The fraction of sp³-hybridized carbons (Fsp3) is 0.316. The second-order valence-electron chi connectivity index (χ2n) is 5.91. The van der Waals surface area contributed by atoms with Crippen molar-refractivity contribution in [2.75, 3.05) is 13.1 Å². The highest BCUT2D eigenvalue weighted by Gasteiger charge is 2.41. The topological polar surface area (TPSA) is 23.5 Å². The quantitative estimate of drug-likeness (QED) is 0.873. The molecule has 1 saturated heterocycles. The van der Waals surface area contributed by atoms with Gasteiger partial charge in [-0.05, 0) is 29.9 Å². The first-order valence-corrected chi connectivity index (χ1v) is 8.25. The van der Waals surface area contributed by atoms with Crippen molar-refractivity contribution >= 4 is 17.7 Å². The molecule has 0 bridgehead atoms. The van der Waals surface area contributed by atoms with E-state index < -0.39 is 5.60 Å². The van der Waals surface area contributed by atoms with Crippen LogP contribution in [0.5, 0.6) is 0 Å². The Labute approximate surface area is 137 Å². The minimum Gasteiger partial charge on any atom is -0.380 e. The molecule has 1 aliphatic heterocycles. The van der Waals surface area contributed by atoms with Gasteiger partial charge in [-0.2, -0.15) is 0 Å². The fourth-order valence-electron chi connectivity index (χ4n) is 3.45. The summed E-state index contributed by atoms with van der Waals surface area (Å²) in [6.45, 7) is 1.83. The summed E-state index contributed by atoms with van der Waals surface area (Å²) < 4.78 is 0. The number of hydrogen-bond donors (Lipinski definition) is 1. The monoisotopic (exact) mass is 311 g/mol. The molecule has 0 aliphatic carbocycles. The van der Waals surface area contributed by atoms with Gasteiger partial charge in [0.1, 0.15) is 5.60 Å². The number of aliphatic hydroxyl groups is 1. The van der Waals surface area contributed by atoms with Crippen molar-refractivity contribution in [2.24, 2.45) is 5.92 Å². The van der Waals surface area contributed by atoms with E-state index in [1.807, 2.05) is 60.7 Å². The molecule has 2 aromatic carbocycles. The van der Waals surface area contributed by atoms with E-state index in [2.05, 4.69) is 4.90 Å². The maximum Gasteiger partial charge on any atom is 0.118 e. The van der Waals surface area contributed by atoms with Crippen LogP contribution in [0.2, 0.25) is 0 Å². The molecule has 2 aromatic rings. The third-order valence-electron chi connectivity index (χ3n) is 4.70.